The summed E-state index contributed by atoms with van der Waals surface area (Å²) in [5.41, 5.74) is 1.37. The van der Waals surface area contributed by atoms with E-state index in [4.69, 9.17) is 4.74 Å². The molecule has 0 saturated heterocycles. The van der Waals surface area contributed by atoms with Crippen molar-refractivity contribution in [1.29, 1.82) is 0 Å². The first-order valence-electron chi connectivity index (χ1n) is 8.96. The standard InChI is InChI=1S/C19H34N4O/c1-5-23(6-2)18(15-17-11-8-7-9-12-17)16-22-19(20-3)21-13-10-14-24-4/h7-9,11-12,18H,5-6,10,13-16H2,1-4H3,(H2,20,21,22). The second-order valence-corrected chi connectivity index (χ2v) is 5.79. The van der Waals surface area contributed by atoms with Gasteiger partial charge in [-0.25, -0.2) is 0 Å². The van der Waals surface area contributed by atoms with Gasteiger partial charge in [0.1, 0.15) is 0 Å². The number of benzene rings is 1. The maximum atomic E-state index is 5.08. The Balaban J connectivity index is 2.57. The molecule has 0 aliphatic carbocycles. The number of nitrogens with one attached hydrogen (secondary N) is 2. The maximum Gasteiger partial charge on any atom is 0.191 e. The Bertz CT molecular complexity index is 446. The van der Waals surface area contributed by atoms with Crippen LogP contribution in [0.5, 0.6) is 0 Å². The predicted octanol–water partition coefficient (Wildman–Crippen LogP) is 2.14. The lowest BCUT2D eigenvalue weighted by molar-refractivity contribution is 0.195. The number of hydrogen-bond acceptors (Lipinski definition) is 3. The van der Waals surface area contributed by atoms with E-state index in [0.717, 1.165) is 51.6 Å². The van der Waals surface area contributed by atoms with Gasteiger partial charge in [-0.2, -0.15) is 0 Å². The van der Waals surface area contributed by atoms with E-state index in [1.165, 1.54) is 5.56 Å². The van der Waals surface area contributed by atoms with Crippen LogP contribution in [-0.2, 0) is 11.2 Å². The fourth-order valence-corrected chi connectivity index (χ4v) is 2.81. The Morgan fingerprint density at radius 3 is 2.46 bits per heavy atom. The number of nitrogens with zero attached hydrogens (tertiary/aromatic N) is 2. The summed E-state index contributed by atoms with van der Waals surface area (Å²) in [4.78, 5) is 6.81. The van der Waals surface area contributed by atoms with Crippen LogP contribution in [0.2, 0.25) is 0 Å². The van der Waals surface area contributed by atoms with Crippen LogP contribution in [0.3, 0.4) is 0 Å². The van der Waals surface area contributed by atoms with Gasteiger partial charge in [-0.3, -0.25) is 9.89 Å². The highest BCUT2D eigenvalue weighted by atomic mass is 16.5. The summed E-state index contributed by atoms with van der Waals surface area (Å²) in [6.45, 7) is 9.05. The van der Waals surface area contributed by atoms with E-state index in [0.29, 0.717) is 6.04 Å². The molecule has 0 bridgehead atoms. The lowest BCUT2D eigenvalue weighted by Crippen LogP contribution is -2.48. The van der Waals surface area contributed by atoms with Crippen LogP contribution in [-0.4, -0.2) is 63.8 Å². The zero-order chi connectivity index (χ0) is 17.6. The highest BCUT2D eigenvalue weighted by Gasteiger charge is 2.16. The monoisotopic (exact) mass is 334 g/mol. The van der Waals surface area contributed by atoms with Gasteiger partial charge in [0.2, 0.25) is 0 Å². The number of likely N-dealkylation sites (N-methyl/N-ethyl adjacent to an activating group) is 1. The number of ether oxygens (including phenoxy) is 1. The number of rotatable bonds is 11. The van der Waals surface area contributed by atoms with Crippen LogP contribution < -0.4 is 10.6 Å². The molecule has 1 rings (SSSR count). The highest BCUT2D eigenvalue weighted by Crippen LogP contribution is 2.08. The van der Waals surface area contributed by atoms with Crippen LogP contribution >= 0.6 is 0 Å². The molecule has 0 heterocycles. The first-order chi connectivity index (χ1) is 11.7. The third kappa shape index (κ3) is 7.79. The molecule has 1 aromatic rings. The van der Waals surface area contributed by atoms with Crippen LogP contribution in [0.4, 0.5) is 0 Å². The second-order valence-electron chi connectivity index (χ2n) is 5.79. The summed E-state index contributed by atoms with van der Waals surface area (Å²) >= 11 is 0. The lowest BCUT2D eigenvalue weighted by Gasteiger charge is -2.30. The van der Waals surface area contributed by atoms with Crippen molar-refractivity contribution >= 4 is 5.96 Å². The average Bonchev–Trinajstić information content (AvgIpc) is 2.62. The van der Waals surface area contributed by atoms with Crippen LogP contribution in [0, 0.1) is 0 Å². The number of hydrogen-bond donors (Lipinski definition) is 2. The van der Waals surface area contributed by atoms with Gasteiger partial charge in [-0.15, -0.1) is 0 Å². The van der Waals surface area contributed by atoms with Gasteiger partial charge in [-0.1, -0.05) is 44.2 Å². The Morgan fingerprint density at radius 1 is 1.17 bits per heavy atom. The zero-order valence-corrected chi connectivity index (χ0v) is 15.7. The molecule has 24 heavy (non-hydrogen) atoms. The molecule has 1 aromatic carbocycles. The fraction of sp³-hybridized carbons (Fsp3) is 0.632. The van der Waals surface area contributed by atoms with Gasteiger partial charge < -0.3 is 15.4 Å². The molecule has 0 fully saturated rings. The molecular weight excluding hydrogens is 300 g/mol. The van der Waals surface area contributed by atoms with E-state index in [1.54, 1.807) is 7.11 Å². The van der Waals surface area contributed by atoms with Crippen LogP contribution in [0.1, 0.15) is 25.8 Å². The predicted molar refractivity (Wildman–Crippen MR) is 103 cm³/mol. The van der Waals surface area contributed by atoms with Gasteiger partial charge in [0.15, 0.2) is 5.96 Å². The molecule has 1 unspecified atom stereocenters. The molecule has 0 saturated carbocycles. The van der Waals surface area contributed by atoms with Crippen LogP contribution in [0.25, 0.3) is 0 Å². The highest BCUT2D eigenvalue weighted by molar-refractivity contribution is 5.79. The summed E-state index contributed by atoms with van der Waals surface area (Å²) in [5, 5.41) is 6.81. The molecule has 0 amide bonds. The van der Waals surface area contributed by atoms with E-state index in [2.05, 4.69) is 64.7 Å². The van der Waals surface area contributed by atoms with Crippen molar-refractivity contribution in [2.75, 3.05) is 46.9 Å². The summed E-state index contributed by atoms with van der Waals surface area (Å²) in [7, 11) is 3.54. The Hall–Kier alpha value is -1.59. The quantitative estimate of drug-likeness (QED) is 0.370. The fourth-order valence-electron chi connectivity index (χ4n) is 2.81. The topological polar surface area (TPSA) is 48.9 Å². The number of aliphatic imine (C=N–C) groups is 1. The average molecular weight is 335 g/mol. The maximum absolute atomic E-state index is 5.08. The van der Waals surface area contributed by atoms with Gasteiger partial charge in [0.05, 0.1) is 0 Å². The lowest BCUT2D eigenvalue weighted by atomic mass is 10.0. The molecule has 0 aliphatic rings. The largest absolute Gasteiger partial charge is 0.385 e. The molecule has 1 atom stereocenters. The van der Waals surface area contributed by atoms with Crippen molar-refractivity contribution in [2.45, 2.75) is 32.7 Å². The summed E-state index contributed by atoms with van der Waals surface area (Å²) in [5.74, 6) is 0.858. The van der Waals surface area contributed by atoms with Crippen molar-refractivity contribution in [1.82, 2.24) is 15.5 Å². The van der Waals surface area contributed by atoms with Gasteiger partial charge in [0, 0.05) is 39.9 Å². The third-order valence-electron chi connectivity index (χ3n) is 4.19. The molecule has 0 aromatic heterocycles. The minimum atomic E-state index is 0.444. The summed E-state index contributed by atoms with van der Waals surface area (Å²) < 4.78 is 5.08. The van der Waals surface area contributed by atoms with Crippen molar-refractivity contribution in [3.8, 4) is 0 Å². The molecule has 0 aliphatic heterocycles. The smallest absolute Gasteiger partial charge is 0.191 e. The van der Waals surface area contributed by atoms with Crippen molar-refractivity contribution in [2.24, 2.45) is 4.99 Å². The van der Waals surface area contributed by atoms with E-state index in [1.807, 2.05) is 7.05 Å². The minimum Gasteiger partial charge on any atom is -0.385 e. The first-order valence-corrected chi connectivity index (χ1v) is 8.96. The minimum absolute atomic E-state index is 0.444. The zero-order valence-electron chi connectivity index (χ0n) is 15.7. The van der Waals surface area contributed by atoms with Gasteiger partial charge in [0.25, 0.3) is 0 Å². The molecule has 5 nitrogen and oxygen atoms in total. The van der Waals surface area contributed by atoms with Crippen LogP contribution in [0.15, 0.2) is 35.3 Å². The molecular formula is C19H34N4O. The second kappa shape index (κ2) is 12.8. The first kappa shape index (κ1) is 20.5. The summed E-state index contributed by atoms with van der Waals surface area (Å²) in [6, 6.07) is 11.1. The van der Waals surface area contributed by atoms with Gasteiger partial charge >= 0.3 is 0 Å². The summed E-state index contributed by atoms with van der Waals surface area (Å²) in [6.07, 6.45) is 2.01. The molecule has 2 N–H and O–H groups in total. The number of methoxy groups -OCH3 is 1. The van der Waals surface area contributed by atoms with E-state index < -0.39 is 0 Å². The van der Waals surface area contributed by atoms with E-state index >= 15 is 0 Å². The van der Waals surface area contributed by atoms with E-state index in [-0.39, 0.29) is 0 Å². The molecule has 5 heteroatoms. The molecule has 0 radical (unpaired) electrons. The Labute approximate surface area is 147 Å². The molecule has 136 valence electrons. The SMILES string of the molecule is CCN(CC)C(CNC(=NC)NCCCOC)Cc1ccccc1. The van der Waals surface area contributed by atoms with Crippen molar-refractivity contribution in [3.63, 3.8) is 0 Å². The van der Waals surface area contributed by atoms with Gasteiger partial charge in [-0.05, 0) is 31.5 Å². The Kier molecular flexibility index (Phi) is 10.9. The third-order valence-corrected chi connectivity index (χ3v) is 4.19. The van der Waals surface area contributed by atoms with Crippen molar-refractivity contribution < 1.29 is 4.74 Å². The number of guanidine groups is 1. The molecule has 0 spiro atoms. The normalized spacial score (nSPS) is 13.1. The van der Waals surface area contributed by atoms with E-state index in [9.17, 15) is 0 Å². The Morgan fingerprint density at radius 2 is 1.88 bits per heavy atom. The van der Waals surface area contributed by atoms with Crippen molar-refractivity contribution in [3.05, 3.63) is 35.9 Å².